The Morgan fingerprint density at radius 3 is 2.41 bits per heavy atom. The van der Waals surface area contributed by atoms with Crippen LogP contribution < -0.4 is 0 Å². The van der Waals surface area contributed by atoms with Gasteiger partial charge in [-0.2, -0.15) is 0 Å². The van der Waals surface area contributed by atoms with E-state index in [1.807, 2.05) is 12.1 Å². The summed E-state index contributed by atoms with van der Waals surface area (Å²) < 4.78 is 0. The number of carbonyl (C=O) groups is 1. The van der Waals surface area contributed by atoms with Crippen molar-refractivity contribution >= 4 is 5.91 Å². The van der Waals surface area contributed by atoms with Crippen LogP contribution in [0.15, 0.2) is 48.8 Å². The third kappa shape index (κ3) is 3.26. The lowest BCUT2D eigenvalue weighted by molar-refractivity contribution is 0.0625. The molecule has 1 aromatic carbocycles. The number of benzene rings is 1. The molecule has 0 bridgehead atoms. The molecule has 0 spiro atoms. The number of phenols is 1. The normalized spacial score (nSPS) is 15.7. The quantitative estimate of drug-likeness (QED) is 0.937. The third-order valence-corrected chi connectivity index (χ3v) is 3.95. The van der Waals surface area contributed by atoms with Gasteiger partial charge in [0.1, 0.15) is 5.75 Å². The number of phenolic OH excluding ortho intramolecular Hbond substituents is 1. The van der Waals surface area contributed by atoms with Gasteiger partial charge in [-0.1, -0.05) is 12.1 Å². The Morgan fingerprint density at radius 2 is 1.73 bits per heavy atom. The maximum atomic E-state index is 12.4. The summed E-state index contributed by atoms with van der Waals surface area (Å²) >= 11 is 0. The number of hydrogen-bond donors (Lipinski definition) is 1. The van der Waals surface area contributed by atoms with Gasteiger partial charge in [-0.3, -0.25) is 14.7 Å². The van der Waals surface area contributed by atoms with Crippen LogP contribution >= 0.6 is 0 Å². The van der Waals surface area contributed by atoms with Crippen molar-refractivity contribution in [2.75, 3.05) is 26.2 Å². The minimum atomic E-state index is -0.0957. The topological polar surface area (TPSA) is 56.7 Å². The fraction of sp³-hybridized carbons (Fsp3) is 0.294. The molecule has 0 atom stereocenters. The molecular formula is C17H19N3O2. The van der Waals surface area contributed by atoms with E-state index >= 15 is 0 Å². The Balaban J connectivity index is 1.58. The van der Waals surface area contributed by atoms with E-state index in [2.05, 4.69) is 9.88 Å². The van der Waals surface area contributed by atoms with Crippen LogP contribution in [0.3, 0.4) is 0 Å². The average Bonchev–Trinajstić information content (AvgIpc) is 2.56. The lowest BCUT2D eigenvalue weighted by atomic mass is 10.1. The number of rotatable bonds is 3. The minimum absolute atomic E-state index is 0.0479. The van der Waals surface area contributed by atoms with Gasteiger partial charge < -0.3 is 10.0 Å². The molecule has 5 nitrogen and oxygen atoms in total. The second-order valence-electron chi connectivity index (χ2n) is 5.44. The SMILES string of the molecule is O=C(c1ccccc1O)N1CCN(Cc2ccncc2)CC1. The Hall–Kier alpha value is -2.40. The van der Waals surface area contributed by atoms with Gasteiger partial charge in [0.25, 0.3) is 5.91 Å². The van der Waals surface area contributed by atoms with E-state index in [9.17, 15) is 9.90 Å². The Bertz CT molecular complexity index is 637. The summed E-state index contributed by atoms with van der Waals surface area (Å²) in [6.45, 7) is 3.90. The summed E-state index contributed by atoms with van der Waals surface area (Å²) in [4.78, 5) is 20.6. The Labute approximate surface area is 129 Å². The van der Waals surface area contributed by atoms with Crippen molar-refractivity contribution in [2.24, 2.45) is 0 Å². The molecule has 0 aliphatic carbocycles. The molecule has 3 rings (SSSR count). The van der Waals surface area contributed by atoms with Gasteiger partial charge in [-0.25, -0.2) is 0 Å². The highest BCUT2D eigenvalue weighted by Crippen LogP contribution is 2.19. The van der Waals surface area contributed by atoms with Crippen molar-refractivity contribution in [3.8, 4) is 5.75 Å². The zero-order valence-electron chi connectivity index (χ0n) is 12.4. The third-order valence-electron chi connectivity index (χ3n) is 3.95. The van der Waals surface area contributed by atoms with E-state index in [0.29, 0.717) is 18.7 Å². The molecule has 2 heterocycles. The van der Waals surface area contributed by atoms with Crippen LogP contribution in [-0.2, 0) is 6.54 Å². The van der Waals surface area contributed by atoms with E-state index in [-0.39, 0.29) is 11.7 Å². The molecule has 1 saturated heterocycles. The molecule has 0 radical (unpaired) electrons. The molecule has 1 fully saturated rings. The maximum Gasteiger partial charge on any atom is 0.257 e. The molecule has 1 amide bonds. The van der Waals surface area contributed by atoms with Gasteiger partial charge in [-0.15, -0.1) is 0 Å². The maximum absolute atomic E-state index is 12.4. The van der Waals surface area contributed by atoms with Gasteiger partial charge in [-0.05, 0) is 29.8 Å². The summed E-state index contributed by atoms with van der Waals surface area (Å²) in [5.74, 6) is -0.0478. The number of nitrogens with zero attached hydrogens (tertiary/aromatic N) is 3. The molecule has 5 heteroatoms. The van der Waals surface area contributed by atoms with Gasteiger partial charge in [0.15, 0.2) is 0 Å². The van der Waals surface area contributed by atoms with E-state index in [4.69, 9.17) is 0 Å². The van der Waals surface area contributed by atoms with Gasteiger partial charge in [0, 0.05) is 45.1 Å². The zero-order valence-corrected chi connectivity index (χ0v) is 12.4. The molecule has 22 heavy (non-hydrogen) atoms. The van der Waals surface area contributed by atoms with E-state index in [1.54, 1.807) is 41.6 Å². The number of para-hydroxylation sites is 1. The van der Waals surface area contributed by atoms with Crippen molar-refractivity contribution in [3.63, 3.8) is 0 Å². The Kier molecular flexibility index (Phi) is 4.34. The number of aromatic hydroxyl groups is 1. The lowest BCUT2D eigenvalue weighted by Gasteiger charge is -2.34. The van der Waals surface area contributed by atoms with Gasteiger partial charge >= 0.3 is 0 Å². The summed E-state index contributed by atoms with van der Waals surface area (Å²) in [6, 6.07) is 10.7. The fourth-order valence-electron chi connectivity index (χ4n) is 2.68. The van der Waals surface area contributed by atoms with Crippen LogP contribution in [0.5, 0.6) is 5.75 Å². The smallest absolute Gasteiger partial charge is 0.257 e. The van der Waals surface area contributed by atoms with Crippen LogP contribution in [0.25, 0.3) is 0 Å². The summed E-state index contributed by atoms with van der Waals surface area (Å²) in [6.07, 6.45) is 3.60. The predicted molar refractivity (Wildman–Crippen MR) is 83.5 cm³/mol. The number of carbonyl (C=O) groups excluding carboxylic acids is 1. The molecule has 2 aromatic rings. The first-order valence-electron chi connectivity index (χ1n) is 7.42. The molecule has 0 unspecified atom stereocenters. The van der Waals surface area contributed by atoms with Crippen molar-refractivity contribution < 1.29 is 9.90 Å². The van der Waals surface area contributed by atoms with E-state index in [0.717, 1.165) is 19.6 Å². The van der Waals surface area contributed by atoms with Crippen molar-refractivity contribution in [1.29, 1.82) is 0 Å². The first-order valence-corrected chi connectivity index (χ1v) is 7.42. The highest BCUT2D eigenvalue weighted by atomic mass is 16.3. The molecule has 1 N–H and O–H groups in total. The number of aromatic nitrogens is 1. The van der Waals surface area contributed by atoms with Crippen LogP contribution in [0.2, 0.25) is 0 Å². The standard InChI is InChI=1S/C17H19N3O2/c21-16-4-2-1-3-15(16)17(22)20-11-9-19(10-12-20)13-14-5-7-18-8-6-14/h1-8,21H,9-13H2. The molecule has 1 aromatic heterocycles. The lowest BCUT2D eigenvalue weighted by Crippen LogP contribution is -2.48. The largest absolute Gasteiger partial charge is 0.507 e. The molecule has 1 aliphatic rings. The molecular weight excluding hydrogens is 278 g/mol. The first kappa shape index (κ1) is 14.5. The van der Waals surface area contributed by atoms with Gasteiger partial charge in [0.05, 0.1) is 5.56 Å². The Morgan fingerprint density at radius 1 is 1.05 bits per heavy atom. The van der Waals surface area contributed by atoms with Crippen molar-refractivity contribution in [3.05, 3.63) is 59.9 Å². The number of amides is 1. The van der Waals surface area contributed by atoms with Crippen LogP contribution in [0.4, 0.5) is 0 Å². The number of hydrogen-bond acceptors (Lipinski definition) is 4. The number of piperazine rings is 1. The predicted octanol–water partition coefficient (Wildman–Crippen LogP) is 1.75. The summed E-state index contributed by atoms with van der Waals surface area (Å²) in [7, 11) is 0. The van der Waals surface area contributed by atoms with Crippen molar-refractivity contribution in [1.82, 2.24) is 14.8 Å². The van der Waals surface area contributed by atoms with Crippen LogP contribution in [0.1, 0.15) is 15.9 Å². The second-order valence-corrected chi connectivity index (χ2v) is 5.44. The second kappa shape index (κ2) is 6.58. The van der Waals surface area contributed by atoms with E-state index in [1.165, 1.54) is 5.56 Å². The molecule has 0 saturated carbocycles. The van der Waals surface area contributed by atoms with Crippen LogP contribution in [0, 0.1) is 0 Å². The molecule has 1 aliphatic heterocycles. The summed E-state index contributed by atoms with van der Waals surface area (Å²) in [5.41, 5.74) is 1.61. The summed E-state index contributed by atoms with van der Waals surface area (Å²) in [5, 5.41) is 9.79. The minimum Gasteiger partial charge on any atom is -0.507 e. The molecule has 114 valence electrons. The van der Waals surface area contributed by atoms with E-state index < -0.39 is 0 Å². The average molecular weight is 297 g/mol. The highest BCUT2D eigenvalue weighted by Gasteiger charge is 2.23. The first-order chi connectivity index (χ1) is 10.7. The highest BCUT2D eigenvalue weighted by molar-refractivity contribution is 5.96. The zero-order chi connectivity index (χ0) is 15.4. The number of pyridine rings is 1. The van der Waals surface area contributed by atoms with Crippen LogP contribution in [-0.4, -0.2) is 52.0 Å². The van der Waals surface area contributed by atoms with Crippen molar-refractivity contribution in [2.45, 2.75) is 6.54 Å². The fourth-order valence-corrected chi connectivity index (χ4v) is 2.68. The monoisotopic (exact) mass is 297 g/mol. The van der Waals surface area contributed by atoms with Gasteiger partial charge in [0.2, 0.25) is 0 Å².